The third-order valence-corrected chi connectivity index (χ3v) is 6.20. The van der Waals surface area contributed by atoms with E-state index in [1.165, 1.54) is 41.3 Å². The number of amides is 1. The zero-order chi connectivity index (χ0) is 23.9. The van der Waals surface area contributed by atoms with E-state index >= 15 is 0 Å². The van der Waals surface area contributed by atoms with Gasteiger partial charge in [-0.15, -0.1) is 0 Å². The molecule has 1 N–H and O–H groups in total. The Bertz CT molecular complexity index is 1330. The van der Waals surface area contributed by atoms with Gasteiger partial charge in [0.15, 0.2) is 0 Å². The predicted octanol–water partition coefficient (Wildman–Crippen LogP) is 5.84. The van der Waals surface area contributed by atoms with Crippen LogP contribution in [0, 0.1) is 17.0 Å². The molecule has 33 heavy (non-hydrogen) atoms. The number of hydrogen-bond donors (Lipinski definition) is 1. The van der Waals surface area contributed by atoms with Crippen LogP contribution in [0.4, 0.5) is 11.4 Å². The van der Waals surface area contributed by atoms with E-state index in [4.69, 9.17) is 23.2 Å². The van der Waals surface area contributed by atoms with Crippen LogP contribution in [0.5, 0.6) is 0 Å². The van der Waals surface area contributed by atoms with E-state index in [1.54, 1.807) is 18.2 Å². The maximum Gasteiger partial charge on any atom is 0.300 e. The highest BCUT2D eigenvalue weighted by molar-refractivity contribution is 6.52. The van der Waals surface area contributed by atoms with Gasteiger partial charge in [0, 0.05) is 23.4 Å². The van der Waals surface area contributed by atoms with Crippen LogP contribution in [0.3, 0.4) is 0 Å². The zero-order valence-electron chi connectivity index (χ0n) is 17.2. The predicted molar refractivity (Wildman–Crippen MR) is 126 cm³/mol. The van der Waals surface area contributed by atoms with Gasteiger partial charge >= 0.3 is 0 Å². The highest BCUT2D eigenvalue weighted by Gasteiger charge is 2.47. The molecule has 1 aliphatic heterocycles. The minimum atomic E-state index is -0.946. The van der Waals surface area contributed by atoms with Gasteiger partial charge in [0.05, 0.1) is 26.6 Å². The Morgan fingerprint density at radius 3 is 2.27 bits per heavy atom. The molecule has 1 saturated heterocycles. The third kappa shape index (κ3) is 3.97. The highest BCUT2D eigenvalue weighted by Crippen LogP contribution is 2.44. The summed E-state index contributed by atoms with van der Waals surface area (Å²) in [5.41, 5.74) is 1.64. The maximum absolute atomic E-state index is 13.2. The fourth-order valence-corrected chi connectivity index (χ4v) is 4.11. The van der Waals surface area contributed by atoms with Crippen molar-refractivity contribution in [3.05, 3.63) is 109 Å². The molecule has 1 unspecified atom stereocenters. The van der Waals surface area contributed by atoms with E-state index in [0.29, 0.717) is 11.3 Å². The zero-order valence-corrected chi connectivity index (χ0v) is 18.7. The molecular weight excluding hydrogens is 467 g/mol. The Balaban J connectivity index is 1.95. The van der Waals surface area contributed by atoms with Crippen molar-refractivity contribution in [3.8, 4) is 0 Å². The molecule has 9 heteroatoms. The molecule has 1 atom stereocenters. The van der Waals surface area contributed by atoms with E-state index in [1.807, 2.05) is 19.1 Å². The maximum atomic E-state index is 13.2. The molecule has 166 valence electrons. The number of carbonyl (C=O) groups is 2. The summed E-state index contributed by atoms with van der Waals surface area (Å²) < 4.78 is 0. The van der Waals surface area contributed by atoms with Crippen LogP contribution in [0.2, 0.25) is 10.0 Å². The normalized spacial score (nSPS) is 17.4. The van der Waals surface area contributed by atoms with Gasteiger partial charge in [0.1, 0.15) is 5.76 Å². The quantitative estimate of drug-likeness (QED) is 0.165. The van der Waals surface area contributed by atoms with Crippen molar-refractivity contribution >= 4 is 52.0 Å². The van der Waals surface area contributed by atoms with E-state index in [2.05, 4.69) is 0 Å². The number of halogens is 2. The van der Waals surface area contributed by atoms with Crippen LogP contribution < -0.4 is 4.90 Å². The first-order chi connectivity index (χ1) is 15.7. The Morgan fingerprint density at radius 1 is 1.00 bits per heavy atom. The summed E-state index contributed by atoms with van der Waals surface area (Å²) in [6, 6.07) is 15.9. The van der Waals surface area contributed by atoms with Crippen molar-refractivity contribution in [2.75, 3.05) is 4.90 Å². The molecule has 0 aromatic heterocycles. The number of ketones is 1. The molecule has 7 nitrogen and oxygen atoms in total. The molecule has 1 heterocycles. The molecule has 0 spiro atoms. The molecule has 3 aromatic carbocycles. The van der Waals surface area contributed by atoms with E-state index in [9.17, 15) is 24.8 Å². The number of hydrogen-bond acceptors (Lipinski definition) is 5. The van der Waals surface area contributed by atoms with Gasteiger partial charge in [0.25, 0.3) is 17.4 Å². The van der Waals surface area contributed by atoms with Crippen LogP contribution >= 0.6 is 23.2 Å². The lowest BCUT2D eigenvalue weighted by molar-refractivity contribution is -0.384. The fourth-order valence-electron chi connectivity index (χ4n) is 3.82. The number of Topliss-reactive ketones (excluding diaryl/α,β-unsaturated/α-hetero) is 1. The molecule has 0 aliphatic carbocycles. The largest absolute Gasteiger partial charge is 0.507 e. The second-order valence-electron chi connectivity index (χ2n) is 7.43. The van der Waals surface area contributed by atoms with Crippen LogP contribution in [0.1, 0.15) is 22.7 Å². The van der Waals surface area contributed by atoms with Crippen molar-refractivity contribution < 1.29 is 19.6 Å². The van der Waals surface area contributed by atoms with E-state index in [0.717, 1.165) is 5.56 Å². The number of rotatable bonds is 4. The fraction of sp³-hybridized carbons (Fsp3) is 0.0833. The second-order valence-corrected chi connectivity index (χ2v) is 8.24. The lowest BCUT2D eigenvalue weighted by Crippen LogP contribution is -2.29. The molecule has 4 rings (SSSR count). The smallest absolute Gasteiger partial charge is 0.300 e. The minimum absolute atomic E-state index is 0.130. The number of aliphatic hydroxyl groups is 1. The average Bonchev–Trinajstić information content (AvgIpc) is 3.06. The SMILES string of the molecule is Cc1ccccc1C1/C(=C(\O)c2ccc([N+](=O)[O-])cc2)C(=O)C(=O)N1c1ccc(Cl)c(Cl)c1. The number of nitro benzene ring substituents is 1. The minimum Gasteiger partial charge on any atom is -0.507 e. The van der Waals surface area contributed by atoms with Gasteiger partial charge in [-0.2, -0.15) is 0 Å². The lowest BCUT2D eigenvalue weighted by Gasteiger charge is -2.27. The van der Waals surface area contributed by atoms with Gasteiger partial charge in [-0.05, 0) is 48.4 Å². The van der Waals surface area contributed by atoms with Gasteiger partial charge in [-0.3, -0.25) is 24.6 Å². The summed E-state index contributed by atoms with van der Waals surface area (Å²) in [4.78, 5) is 38.0. The number of aliphatic hydroxyl groups excluding tert-OH is 1. The van der Waals surface area contributed by atoms with Crippen molar-refractivity contribution in [3.63, 3.8) is 0 Å². The lowest BCUT2D eigenvalue weighted by atomic mass is 9.92. The monoisotopic (exact) mass is 482 g/mol. The number of carbonyl (C=O) groups excluding carboxylic acids is 2. The molecule has 1 aliphatic rings. The number of nitrogens with zero attached hydrogens (tertiary/aromatic N) is 2. The number of aryl methyl sites for hydroxylation is 1. The molecule has 3 aromatic rings. The molecule has 1 fully saturated rings. The Kier molecular flexibility index (Phi) is 5.93. The summed E-state index contributed by atoms with van der Waals surface area (Å²) in [6.07, 6.45) is 0. The van der Waals surface area contributed by atoms with Crippen LogP contribution in [0.25, 0.3) is 5.76 Å². The van der Waals surface area contributed by atoms with Gasteiger partial charge in [-0.25, -0.2) is 0 Å². The molecular formula is C24H16Cl2N2O5. The second kappa shape index (κ2) is 8.69. The number of nitro groups is 1. The molecule has 0 bridgehead atoms. The molecule has 0 radical (unpaired) electrons. The molecule has 1 amide bonds. The summed E-state index contributed by atoms with van der Waals surface area (Å²) in [7, 11) is 0. The Morgan fingerprint density at radius 2 is 1.67 bits per heavy atom. The van der Waals surface area contributed by atoms with Crippen molar-refractivity contribution in [2.45, 2.75) is 13.0 Å². The third-order valence-electron chi connectivity index (χ3n) is 5.46. The number of benzene rings is 3. The Hall–Kier alpha value is -3.68. The van der Waals surface area contributed by atoms with Crippen LogP contribution in [0.15, 0.2) is 72.3 Å². The van der Waals surface area contributed by atoms with E-state index in [-0.39, 0.29) is 26.9 Å². The van der Waals surface area contributed by atoms with Gasteiger partial charge in [0.2, 0.25) is 0 Å². The summed E-state index contributed by atoms with van der Waals surface area (Å²) in [6.45, 7) is 1.83. The van der Waals surface area contributed by atoms with Gasteiger partial charge in [-0.1, -0.05) is 47.5 Å². The first-order valence-corrected chi connectivity index (χ1v) is 10.5. The topological polar surface area (TPSA) is 101 Å². The number of non-ortho nitro benzene ring substituents is 1. The first-order valence-electron chi connectivity index (χ1n) is 9.77. The van der Waals surface area contributed by atoms with Crippen LogP contribution in [-0.2, 0) is 9.59 Å². The average molecular weight is 483 g/mol. The summed E-state index contributed by atoms with van der Waals surface area (Å²) >= 11 is 12.2. The Labute approximate surface area is 198 Å². The van der Waals surface area contributed by atoms with Gasteiger partial charge < -0.3 is 5.11 Å². The highest BCUT2D eigenvalue weighted by atomic mass is 35.5. The number of anilines is 1. The van der Waals surface area contributed by atoms with Crippen molar-refractivity contribution in [2.24, 2.45) is 0 Å². The first kappa shape index (κ1) is 22.5. The van der Waals surface area contributed by atoms with Crippen LogP contribution in [-0.4, -0.2) is 21.7 Å². The standard InChI is InChI=1S/C24H16Cl2N2O5/c1-13-4-2-3-5-17(13)21-20(22(29)14-6-8-15(9-7-14)28(32)33)23(30)24(31)27(21)16-10-11-18(25)19(26)12-16/h2-12,21,29H,1H3/b22-20+. The van der Waals surface area contributed by atoms with E-state index < -0.39 is 28.4 Å². The van der Waals surface area contributed by atoms with Crippen molar-refractivity contribution in [1.29, 1.82) is 0 Å². The summed E-state index contributed by atoms with van der Waals surface area (Å²) in [5, 5.41) is 22.5. The summed E-state index contributed by atoms with van der Waals surface area (Å²) in [5.74, 6) is -2.16. The molecule has 0 saturated carbocycles. The van der Waals surface area contributed by atoms with Crippen molar-refractivity contribution in [1.82, 2.24) is 0 Å².